The number of ether oxygens (including phenoxy) is 1. The summed E-state index contributed by atoms with van der Waals surface area (Å²) in [7, 11) is 1.58. The zero-order chi connectivity index (χ0) is 11.5. The van der Waals surface area contributed by atoms with Gasteiger partial charge in [0.25, 0.3) is 0 Å². The summed E-state index contributed by atoms with van der Waals surface area (Å²) in [6.07, 6.45) is 0.716. The molecule has 0 bridgehead atoms. The van der Waals surface area contributed by atoms with E-state index in [1.807, 2.05) is 12.1 Å². The van der Waals surface area contributed by atoms with Crippen LogP contribution in [0.1, 0.15) is 17.2 Å². The number of methoxy groups -OCH3 is 1. The molecule has 1 aromatic heterocycles. The lowest BCUT2D eigenvalue weighted by molar-refractivity contribution is 0.220. The van der Waals surface area contributed by atoms with Gasteiger partial charge in [0.15, 0.2) is 0 Å². The Kier molecular flexibility index (Phi) is 2.78. The van der Waals surface area contributed by atoms with Gasteiger partial charge in [-0.15, -0.1) is 0 Å². The fraction of sp³-hybridized carbons (Fsp3) is 0.182. The van der Waals surface area contributed by atoms with Crippen molar-refractivity contribution in [1.29, 1.82) is 0 Å². The Morgan fingerprint density at radius 3 is 2.94 bits per heavy atom. The first-order valence-corrected chi connectivity index (χ1v) is 4.83. The zero-order valence-corrected chi connectivity index (χ0v) is 8.84. The number of hydrogen-bond donors (Lipinski definition) is 3. The summed E-state index contributed by atoms with van der Waals surface area (Å²) in [6.45, 7) is 0. The van der Waals surface area contributed by atoms with E-state index in [4.69, 9.17) is 10.5 Å². The molecule has 1 atom stereocenters. The van der Waals surface area contributed by atoms with E-state index in [9.17, 15) is 5.11 Å². The molecule has 16 heavy (non-hydrogen) atoms. The van der Waals surface area contributed by atoms with Crippen LogP contribution in [0.15, 0.2) is 30.5 Å². The predicted molar refractivity (Wildman–Crippen MR) is 60.1 cm³/mol. The van der Waals surface area contributed by atoms with Crippen molar-refractivity contribution < 1.29 is 9.84 Å². The quantitative estimate of drug-likeness (QED) is 0.721. The summed E-state index contributed by atoms with van der Waals surface area (Å²) in [4.78, 5) is 0. The van der Waals surface area contributed by atoms with E-state index in [1.165, 1.54) is 6.20 Å². The molecule has 1 aromatic carbocycles. The van der Waals surface area contributed by atoms with Crippen LogP contribution >= 0.6 is 0 Å². The highest BCUT2D eigenvalue weighted by atomic mass is 16.5. The van der Waals surface area contributed by atoms with Gasteiger partial charge >= 0.3 is 0 Å². The number of hydrogen-bond acceptors (Lipinski definition) is 4. The largest absolute Gasteiger partial charge is 0.497 e. The number of anilines is 1. The second kappa shape index (κ2) is 4.24. The molecule has 4 N–H and O–H groups in total. The summed E-state index contributed by atoms with van der Waals surface area (Å²) in [5, 5.41) is 16.4. The average Bonchev–Trinajstić information content (AvgIpc) is 2.74. The Morgan fingerprint density at radius 1 is 1.50 bits per heavy atom. The molecule has 0 spiro atoms. The summed E-state index contributed by atoms with van der Waals surface area (Å²) in [5.41, 5.74) is 6.92. The Hall–Kier alpha value is -2.01. The average molecular weight is 219 g/mol. The van der Waals surface area contributed by atoms with E-state index >= 15 is 0 Å². The molecule has 0 aliphatic heterocycles. The van der Waals surface area contributed by atoms with Crippen LogP contribution in [0.4, 0.5) is 5.82 Å². The summed E-state index contributed by atoms with van der Waals surface area (Å²) >= 11 is 0. The lowest BCUT2D eigenvalue weighted by Crippen LogP contribution is -2.02. The minimum absolute atomic E-state index is 0.371. The van der Waals surface area contributed by atoms with E-state index in [1.54, 1.807) is 19.2 Å². The number of H-pyrrole nitrogens is 1. The van der Waals surface area contributed by atoms with Gasteiger partial charge in [0, 0.05) is 5.56 Å². The number of nitrogens with one attached hydrogen (secondary N) is 1. The zero-order valence-electron chi connectivity index (χ0n) is 8.84. The number of aliphatic hydroxyl groups excluding tert-OH is 1. The maximum Gasteiger partial charge on any atom is 0.125 e. The molecule has 2 aromatic rings. The second-order valence-electron chi connectivity index (χ2n) is 3.42. The van der Waals surface area contributed by atoms with E-state index in [0.717, 1.165) is 0 Å². The number of rotatable bonds is 3. The fourth-order valence-electron chi connectivity index (χ4n) is 1.51. The van der Waals surface area contributed by atoms with Crippen molar-refractivity contribution in [2.45, 2.75) is 6.10 Å². The number of nitrogens with zero attached hydrogens (tertiary/aromatic N) is 1. The molecule has 84 valence electrons. The molecular formula is C11H13N3O2. The number of nitrogen functional groups attached to an aromatic ring is 1. The first-order chi connectivity index (χ1) is 7.72. The van der Waals surface area contributed by atoms with Crippen molar-refractivity contribution in [3.63, 3.8) is 0 Å². The van der Waals surface area contributed by atoms with Gasteiger partial charge < -0.3 is 15.6 Å². The van der Waals surface area contributed by atoms with Gasteiger partial charge in [-0.3, -0.25) is 5.10 Å². The molecule has 0 saturated carbocycles. The normalized spacial score (nSPS) is 12.4. The van der Waals surface area contributed by atoms with Gasteiger partial charge in [-0.2, -0.15) is 5.10 Å². The van der Waals surface area contributed by atoms with Crippen LogP contribution in [0, 0.1) is 0 Å². The molecule has 1 heterocycles. The van der Waals surface area contributed by atoms with Crippen LogP contribution in [0.2, 0.25) is 0 Å². The molecule has 2 rings (SSSR count). The van der Waals surface area contributed by atoms with Gasteiger partial charge in [0.2, 0.25) is 0 Å². The lowest BCUT2D eigenvalue weighted by Gasteiger charge is -2.11. The highest BCUT2D eigenvalue weighted by Crippen LogP contribution is 2.27. The first-order valence-electron chi connectivity index (χ1n) is 4.83. The van der Waals surface area contributed by atoms with E-state index < -0.39 is 6.10 Å². The number of nitrogens with two attached hydrogens (primary N) is 1. The molecule has 0 aliphatic rings. The van der Waals surface area contributed by atoms with Crippen LogP contribution in [0.25, 0.3) is 0 Å². The van der Waals surface area contributed by atoms with Crippen molar-refractivity contribution in [3.8, 4) is 5.75 Å². The standard InChI is InChI=1S/C11H13N3O2/c1-16-8-4-2-3-7(5-8)10(15)9-6-13-14-11(9)12/h2-6,10,15H,1H3,(H3,12,13,14). The summed E-state index contributed by atoms with van der Waals surface area (Å²) in [6, 6.07) is 7.19. The third kappa shape index (κ3) is 1.85. The van der Waals surface area contributed by atoms with Crippen LogP contribution < -0.4 is 10.5 Å². The second-order valence-corrected chi connectivity index (χ2v) is 3.42. The molecule has 0 fully saturated rings. The van der Waals surface area contributed by atoms with Gasteiger partial charge in [-0.25, -0.2) is 0 Å². The van der Waals surface area contributed by atoms with Crippen LogP contribution in [-0.4, -0.2) is 22.4 Å². The third-order valence-electron chi connectivity index (χ3n) is 2.40. The Morgan fingerprint density at radius 2 is 2.31 bits per heavy atom. The van der Waals surface area contributed by atoms with E-state index in [2.05, 4.69) is 10.2 Å². The number of aromatic nitrogens is 2. The van der Waals surface area contributed by atoms with Crippen molar-refractivity contribution in [3.05, 3.63) is 41.6 Å². The highest BCUT2D eigenvalue weighted by molar-refractivity contribution is 5.44. The lowest BCUT2D eigenvalue weighted by atomic mass is 10.0. The van der Waals surface area contributed by atoms with Crippen molar-refractivity contribution in [1.82, 2.24) is 10.2 Å². The van der Waals surface area contributed by atoms with Crippen LogP contribution in [0.3, 0.4) is 0 Å². The first kappa shape index (κ1) is 10.5. The van der Waals surface area contributed by atoms with Gasteiger partial charge in [0.1, 0.15) is 17.7 Å². The summed E-state index contributed by atoms with van der Waals surface area (Å²) in [5.74, 6) is 1.06. The molecule has 5 nitrogen and oxygen atoms in total. The minimum atomic E-state index is -0.797. The topological polar surface area (TPSA) is 84.2 Å². The summed E-state index contributed by atoms with van der Waals surface area (Å²) < 4.78 is 5.09. The van der Waals surface area contributed by atoms with Gasteiger partial charge in [-0.05, 0) is 17.7 Å². The number of aliphatic hydroxyl groups is 1. The number of aromatic amines is 1. The molecule has 5 heteroatoms. The predicted octanol–water partition coefficient (Wildman–Crippen LogP) is 1.08. The molecule has 0 amide bonds. The van der Waals surface area contributed by atoms with Crippen LogP contribution in [0.5, 0.6) is 5.75 Å². The SMILES string of the molecule is COc1cccc(C(O)c2cn[nH]c2N)c1. The Balaban J connectivity index is 2.33. The smallest absolute Gasteiger partial charge is 0.125 e. The molecule has 0 aliphatic carbocycles. The maximum atomic E-state index is 10.1. The fourth-order valence-corrected chi connectivity index (χ4v) is 1.51. The Bertz CT molecular complexity index is 482. The molecular weight excluding hydrogens is 206 g/mol. The van der Waals surface area contributed by atoms with Gasteiger partial charge in [-0.1, -0.05) is 12.1 Å². The van der Waals surface area contributed by atoms with Crippen LogP contribution in [-0.2, 0) is 0 Å². The van der Waals surface area contributed by atoms with Crippen molar-refractivity contribution in [2.24, 2.45) is 0 Å². The maximum absolute atomic E-state index is 10.1. The monoisotopic (exact) mass is 219 g/mol. The molecule has 1 unspecified atom stereocenters. The highest BCUT2D eigenvalue weighted by Gasteiger charge is 2.15. The molecule has 0 saturated heterocycles. The number of benzene rings is 1. The van der Waals surface area contributed by atoms with E-state index in [0.29, 0.717) is 22.7 Å². The van der Waals surface area contributed by atoms with Crippen molar-refractivity contribution >= 4 is 5.82 Å². The van der Waals surface area contributed by atoms with Crippen molar-refractivity contribution in [2.75, 3.05) is 12.8 Å². The minimum Gasteiger partial charge on any atom is -0.497 e. The van der Waals surface area contributed by atoms with E-state index in [-0.39, 0.29) is 0 Å². The third-order valence-corrected chi connectivity index (χ3v) is 2.40. The van der Waals surface area contributed by atoms with Gasteiger partial charge in [0.05, 0.1) is 13.3 Å². The molecule has 0 radical (unpaired) electrons. The Labute approximate surface area is 92.9 Å².